The fourth-order valence-corrected chi connectivity index (χ4v) is 13.9. The highest BCUT2D eigenvalue weighted by Crippen LogP contribution is 2.46. The average molecular weight is 993 g/mol. The van der Waals surface area contributed by atoms with Crippen LogP contribution < -0.4 is 0 Å². The Hall–Kier alpha value is -7.04. The van der Waals surface area contributed by atoms with Crippen LogP contribution in [0.2, 0.25) is 0 Å². The van der Waals surface area contributed by atoms with Crippen LogP contribution in [0.4, 0.5) is 0 Å². The van der Waals surface area contributed by atoms with E-state index in [0.717, 1.165) is 99.1 Å². The van der Waals surface area contributed by atoms with Gasteiger partial charge in [0.25, 0.3) is 0 Å². The van der Waals surface area contributed by atoms with E-state index in [0.29, 0.717) is 0 Å². The third-order valence-electron chi connectivity index (χ3n) is 17.8. The molecule has 4 heteroatoms. The second-order valence-electron chi connectivity index (χ2n) is 22.5. The van der Waals surface area contributed by atoms with E-state index in [1.165, 1.54) is 185 Å². The maximum atomic E-state index is 5.29. The van der Waals surface area contributed by atoms with Crippen LogP contribution in [-0.4, -0.2) is 19.9 Å². The summed E-state index contributed by atoms with van der Waals surface area (Å²) in [6.07, 6.45) is 23.0. The molecule has 0 N–H and O–H groups in total. The largest absolute Gasteiger partial charge is 0.247 e. The number of nitrogens with zero attached hydrogens (tertiary/aromatic N) is 4. The number of fused-ring (bicyclic) bond motifs is 16. The Morgan fingerprint density at radius 3 is 0.737 bits per heavy atom. The van der Waals surface area contributed by atoms with Gasteiger partial charge in [-0.2, -0.15) is 0 Å². The molecule has 0 aliphatic heterocycles. The predicted octanol–water partition coefficient (Wildman–Crippen LogP) is 18.0. The van der Waals surface area contributed by atoms with Crippen molar-refractivity contribution in [2.75, 3.05) is 0 Å². The third kappa shape index (κ3) is 8.52. The zero-order valence-electron chi connectivity index (χ0n) is 45.5. The summed E-state index contributed by atoms with van der Waals surface area (Å²) in [5, 5.41) is 5.41. The van der Waals surface area contributed by atoms with Crippen LogP contribution in [0.3, 0.4) is 0 Å². The smallest absolute Gasteiger partial charge is 0.0747 e. The van der Waals surface area contributed by atoms with Gasteiger partial charge in [-0.15, -0.1) is 0 Å². The first-order valence-electron chi connectivity index (χ1n) is 29.5. The second-order valence-corrected chi connectivity index (χ2v) is 22.5. The first kappa shape index (κ1) is 48.6. The van der Waals surface area contributed by atoms with Crippen molar-refractivity contribution in [2.24, 2.45) is 0 Å². The Morgan fingerprint density at radius 2 is 0.513 bits per heavy atom. The molecule has 4 nitrogen and oxygen atoms in total. The van der Waals surface area contributed by atoms with E-state index in [-0.39, 0.29) is 0 Å². The molecular weight excluding hydrogens is 921 g/mol. The van der Waals surface area contributed by atoms with Crippen molar-refractivity contribution >= 4 is 43.6 Å². The van der Waals surface area contributed by atoms with Gasteiger partial charge < -0.3 is 0 Å². The minimum atomic E-state index is 1.08. The predicted molar refractivity (Wildman–Crippen MR) is 320 cm³/mol. The number of hydrogen-bond acceptors (Lipinski definition) is 4. The van der Waals surface area contributed by atoms with Gasteiger partial charge in [0.15, 0.2) is 0 Å². The minimum Gasteiger partial charge on any atom is -0.247 e. The van der Waals surface area contributed by atoms with Crippen molar-refractivity contribution in [3.63, 3.8) is 0 Å². The Morgan fingerprint density at radius 1 is 0.289 bits per heavy atom. The number of pyridine rings is 4. The monoisotopic (exact) mass is 993 g/mol. The van der Waals surface area contributed by atoms with Gasteiger partial charge in [-0.1, -0.05) is 126 Å². The molecule has 4 aliphatic carbocycles. The van der Waals surface area contributed by atoms with Gasteiger partial charge in [-0.05, 0) is 218 Å². The van der Waals surface area contributed by atoms with E-state index < -0.39 is 0 Å². The van der Waals surface area contributed by atoms with Crippen LogP contribution in [0.15, 0.2) is 121 Å². The van der Waals surface area contributed by atoms with Crippen LogP contribution in [0.5, 0.6) is 0 Å². The molecule has 0 unspecified atom stereocenters. The molecule has 0 fully saturated rings. The molecular formula is C72H72N4. The highest BCUT2D eigenvalue weighted by molar-refractivity contribution is 5.94. The van der Waals surface area contributed by atoms with Gasteiger partial charge >= 0.3 is 0 Å². The van der Waals surface area contributed by atoms with Gasteiger partial charge in [0.1, 0.15) is 0 Å². The highest BCUT2D eigenvalue weighted by Gasteiger charge is 2.30. The summed E-state index contributed by atoms with van der Waals surface area (Å²) >= 11 is 0. The minimum absolute atomic E-state index is 1.08. The lowest BCUT2D eigenvalue weighted by molar-refractivity contribution is 0.781. The maximum Gasteiger partial charge on any atom is 0.0747 e. The standard InChI is InChI=1S/2C36H36N2/c2*1-3-5-11-25-27-13-7-9-15-33(27)37-35-29(25)19-17-23-22-32-24(21-31(23)35)18-20-30-26(12-6-4-2)28-14-8-10-16-34(28)38-36(30)32/h2*7-10,13-16,21-22H,3-6,11-12,17-20H2,1-2H3. The van der Waals surface area contributed by atoms with Crippen LogP contribution >= 0.6 is 0 Å². The van der Waals surface area contributed by atoms with E-state index in [2.05, 4.69) is 149 Å². The Labute approximate surface area is 450 Å². The summed E-state index contributed by atoms with van der Waals surface area (Å²) in [5.41, 5.74) is 32.9. The van der Waals surface area contributed by atoms with Gasteiger partial charge in [-0.25, -0.2) is 19.9 Å². The molecule has 10 aromatic rings. The molecule has 4 heterocycles. The lowest BCUT2D eigenvalue weighted by Gasteiger charge is -2.28. The van der Waals surface area contributed by atoms with Crippen LogP contribution in [0.25, 0.3) is 88.6 Å². The van der Waals surface area contributed by atoms with E-state index in [1.807, 2.05) is 0 Å². The molecule has 6 aromatic carbocycles. The van der Waals surface area contributed by atoms with Gasteiger partial charge in [-0.3, -0.25) is 0 Å². The topological polar surface area (TPSA) is 51.6 Å². The van der Waals surface area contributed by atoms with Crippen molar-refractivity contribution < 1.29 is 0 Å². The molecule has 0 amide bonds. The second kappa shape index (κ2) is 20.8. The van der Waals surface area contributed by atoms with Crippen molar-refractivity contribution in [1.29, 1.82) is 0 Å². The molecule has 76 heavy (non-hydrogen) atoms. The molecule has 4 aliphatic rings. The molecule has 0 bridgehead atoms. The summed E-state index contributed by atoms with van der Waals surface area (Å²) < 4.78 is 0. The molecule has 0 atom stereocenters. The zero-order chi connectivity index (χ0) is 51.3. The summed E-state index contributed by atoms with van der Waals surface area (Å²) in [6.45, 7) is 9.17. The quantitative estimate of drug-likeness (QED) is 0.122. The number of hydrogen-bond donors (Lipinski definition) is 0. The van der Waals surface area contributed by atoms with Crippen LogP contribution in [0.1, 0.15) is 146 Å². The van der Waals surface area contributed by atoms with Crippen molar-refractivity contribution in [1.82, 2.24) is 19.9 Å². The fraction of sp³-hybridized carbons (Fsp3) is 0.333. The first-order chi connectivity index (χ1) is 37.5. The molecule has 14 rings (SSSR count). The zero-order valence-corrected chi connectivity index (χ0v) is 45.5. The number of para-hydroxylation sites is 4. The van der Waals surface area contributed by atoms with Crippen LogP contribution in [0, 0.1) is 0 Å². The molecule has 0 saturated carbocycles. The molecule has 0 saturated heterocycles. The number of aromatic nitrogens is 4. The highest BCUT2D eigenvalue weighted by atomic mass is 14.7. The molecule has 0 spiro atoms. The molecule has 380 valence electrons. The fourth-order valence-electron chi connectivity index (χ4n) is 13.9. The maximum absolute atomic E-state index is 5.29. The lowest BCUT2D eigenvalue weighted by Crippen LogP contribution is -2.14. The summed E-state index contributed by atoms with van der Waals surface area (Å²) in [6, 6.07) is 45.0. The third-order valence-corrected chi connectivity index (χ3v) is 17.8. The van der Waals surface area contributed by atoms with Gasteiger partial charge in [0.2, 0.25) is 0 Å². The van der Waals surface area contributed by atoms with Crippen LogP contribution in [-0.2, 0) is 77.0 Å². The lowest BCUT2D eigenvalue weighted by atomic mass is 9.78. The van der Waals surface area contributed by atoms with Gasteiger partial charge in [0.05, 0.1) is 44.8 Å². The Kier molecular flexibility index (Phi) is 13.3. The average Bonchev–Trinajstić information content (AvgIpc) is 3.49. The van der Waals surface area contributed by atoms with E-state index in [4.69, 9.17) is 19.9 Å². The number of rotatable bonds is 12. The van der Waals surface area contributed by atoms with E-state index in [9.17, 15) is 0 Å². The van der Waals surface area contributed by atoms with E-state index in [1.54, 1.807) is 0 Å². The van der Waals surface area contributed by atoms with Crippen molar-refractivity contribution in [3.05, 3.63) is 188 Å². The Balaban J connectivity index is 0.000000146. The molecule has 0 radical (unpaired) electrons. The normalized spacial score (nSPS) is 13.7. The Bertz CT molecular complexity index is 3390. The molecule has 4 aromatic heterocycles. The number of aryl methyl sites for hydroxylation is 8. The number of benzene rings is 6. The SMILES string of the molecule is CCCCc1c2c(nc3ccccc13)-c1cc3c(cc1CC2)-c1nc2ccccc2c(CCCC)c1CC3.CCCCc1c2c(nc3ccccc13)-c1cc3c(cc1CC2)-c1nc2ccccc2c(CCCC)c1CC3. The van der Waals surface area contributed by atoms with Gasteiger partial charge in [0, 0.05) is 43.8 Å². The van der Waals surface area contributed by atoms with Crippen molar-refractivity contribution in [3.8, 4) is 45.0 Å². The summed E-state index contributed by atoms with van der Waals surface area (Å²) in [7, 11) is 0. The first-order valence-corrected chi connectivity index (χ1v) is 29.5. The van der Waals surface area contributed by atoms with Crippen molar-refractivity contribution in [2.45, 2.75) is 156 Å². The number of unbranched alkanes of at least 4 members (excludes halogenated alkanes) is 4. The van der Waals surface area contributed by atoms with E-state index >= 15 is 0 Å². The summed E-state index contributed by atoms with van der Waals surface area (Å²) in [4.78, 5) is 21.2. The summed E-state index contributed by atoms with van der Waals surface area (Å²) in [5.74, 6) is 0.